The maximum Gasteiger partial charge on any atom is 0.129 e. The van der Waals surface area contributed by atoms with E-state index in [-0.39, 0.29) is 0 Å². The summed E-state index contributed by atoms with van der Waals surface area (Å²) in [6.07, 6.45) is 0. The van der Waals surface area contributed by atoms with Gasteiger partial charge in [-0.3, -0.25) is 0 Å². The summed E-state index contributed by atoms with van der Waals surface area (Å²) in [5, 5.41) is 0. The van der Waals surface area contributed by atoms with Gasteiger partial charge in [-0.25, -0.2) is 0 Å². The van der Waals surface area contributed by atoms with E-state index >= 15 is 0 Å². The zero-order valence-corrected chi connectivity index (χ0v) is 11.4. The summed E-state index contributed by atoms with van der Waals surface area (Å²) in [6.45, 7) is 6.79. The van der Waals surface area contributed by atoms with Crippen LogP contribution in [0.4, 0.5) is 0 Å². The van der Waals surface area contributed by atoms with Crippen molar-refractivity contribution in [2.24, 2.45) is 0 Å². The standard InChI is InChI=1S/C9H11ISSi/c1-12(2,3)7-6-8-4-5-9(10)11-8/h4-5H,1-3H3. The molecule has 1 rings (SSSR count). The third kappa shape index (κ3) is 3.74. The Morgan fingerprint density at radius 2 is 2.00 bits per heavy atom. The summed E-state index contributed by atoms with van der Waals surface area (Å²) >= 11 is 4.09. The average molecular weight is 306 g/mol. The molecule has 0 saturated heterocycles. The molecule has 0 bridgehead atoms. The van der Waals surface area contributed by atoms with Gasteiger partial charge in [-0.2, -0.15) is 0 Å². The molecular formula is C9H11ISSi. The number of hydrogen-bond donors (Lipinski definition) is 0. The molecule has 0 atom stereocenters. The maximum absolute atomic E-state index is 3.35. The lowest BCUT2D eigenvalue weighted by molar-refractivity contribution is 1.81. The summed E-state index contributed by atoms with van der Waals surface area (Å²) in [4.78, 5) is 1.20. The molecule has 0 N–H and O–H groups in total. The molecule has 3 heteroatoms. The van der Waals surface area contributed by atoms with Crippen molar-refractivity contribution in [1.29, 1.82) is 0 Å². The normalized spacial score (nSPS) is 10.7. The molecule has 0 unspecified atom stereocenters. The van der Waals surface area contributed by atoms with E-state index < -0.39 is 8.07 Å². The van der Waals surface area contributed by atoms with E-state index in [1.54, 1.807) is 11.3 Å². The minimum Gasteiger partial charge on any atom is -0.126 e. The molecule has 0 amide bonds. The van der Waals surface area contributed by atoms with Crippen molar-refractivity contribution in [3.8, 4) is 11.5 Å². The second-order valence-corrected chi connectivity index (χ2v) is 11.3. The fourth-order valence-corrected chi connectivity index (χ4v) is 2.71. The highest BCUT2D eigenvalue weighted by Crippen LogP contribution is 2.17. The van der Waals surface area contributed by atoms with Crippen LogP contribution in [0.3, 0.4) is 0 Å². The number of thiophene rings is 1. The lowest BCUT2D eigenvalue weighted by atomic mass is 10.5. The quantitative estimate of drug-likeness (QED) is 0.390. The van der Waals surface area contributed by atoms with Crippen molar-refractivity contribution in [1.82, 2.24) is 0 Å². The number of hydrogen-bond acceptors (Lipinski definition) is 1. The largest absolute Gasteiger partial charge is 0.129 e. The lowest BCUT2D eigenvalue weighted by Crippen LogP contribution is -2.16. The fraction of sp³-hybridized carbons (Fsp3) is 0.333. The highest BCUT2D eigenvalue weighted by Gasteiger charge is 2.07. The molecule has 0 fully saturated rings. The molecule has 0 spiro atoms. The number of halogens is 1. The summed E-state index contributed by atoms with van der Waals surface area (Å²) in [5.41, 5.74) is 3.35. The monoisotopic (exact) mass is 306 g/mol. The van der Waals surface area contributed by atoms with E-state index in [9.17, 15) is 0 Å². The third-order valence-corrected chi connectivity index (χ3v) is 3.82. The van der Waals surface area contributed by atoms with Gasteiger partial charge in [0.25, 0.3) is 0 Å². The second kappa shape index (κ2) is 3.94. The van der Waals surface area contributed by atoms with E-state index in [2.05, 4.69) is 65.8 Å². The van der Waals surface area contributed by atoms with Crippen LogP contribution in [0.2, 0.25) is 19.6 Å². The van der Waals surface area contributed by atoms with Gasteiger partial charge in [0, 0.05) is 0 Å². The lowest BCUT2D eigenvalue weighted by Gasteiger charge is -2.02. The van der Waals surface area contributed by atoms with Crippen LogP contribution in [0.5, 0.6) is 0 Å². The molecule has 0 aromatic carbocycles. The molecule has 0 aliphatic heterocycles. The van der Waals surface area contributed by atoms with Crippen LogP contribution < -0.4 is 0 Å². The van der Waals surface area contributed by atoms with Gasteiger partial charge in [0.15, 0.2) is 0 Å². The molecule has 1 aromatic rings. The van der Waals surface area contributed by atoms with Crippen LogP contribution in [0.1, 0.15) is 4.88 Å². The highest BCUT2D eigenvalue weighted by molar-refractivity contribution is 14.1. The van der Waals surface area contributed by atoms with Crippen LogP contribution in [0.15, 0.2) is 12.1 Å². The van der Waals surface area contributed by atoms with Gasteiger partial charge in [0.05, 0.1) is 7.76 Å². The van der Waals surface area contributed by atoms with Crippen LogP contribution in [0.25, 0.3) is 0 Å². The van der Waals surface area contributed by atoms with Gasteiger partial charge < -0.3 is 0 Å². The molecule has 0 aliphatic carbocycles. The fourth-order valence-electron chi connectivity index (χ4n) is 0.631. The van der Waals surface area contributed by atoms with Gasteiger partial charge in [-0.05, 0) is 34.7 Å². The Morgan fingerprint density at radius 1 is 1.33 bits per heavy atom. The summed E-state index contributed by atoms with van der Waals surface area (Å²) in [5.74, 6) is 3.23. The predicted molar refractivity (Wildman–Crippen MR) is 67.3 cm³/mol. The van der Waals surface area contributed by atoms with Crippen LogP contribution in [0, 0.1) is 14.3 Å². The molecule has 12 heavy (non-hydrogen) atoms. The molecule has 0 saturated carbocycles. The van der Waals surface area contributed by atoms with E-state index in [0.717, 1.165) is 0 Å². The Hall–Kier alpha value is 0.207. The van der Waals surface area contributed by atoms with Crippen molar-refractivity contribution in [3.63, 3.8) is 0 Å². The van der Waals surface area contributed by atoms with Crippen molar-refractivity contribution in [3.05, 3.63) is 19.9 Å². The minimum atomic E-state index is -1.19. The Balaban J connectivity index is 2.80. The van der Waals surface area contributed by atoms with Gasteiger partial charge in [-0.1, -0.05) is 25.6 Å². The van der Waals surface area contributed by atoms with Crippen molar-refractivity contribution in [2.45, 2.75) is 19.6 Å². The smallest absolute Gasteiger partial charge is 0.126 e. The topological polar surface area (TPSA) is 0 Å². The van der Waals surface area contributed by atoms with Gasteiger partial charge in [0.1, 0.15) is 8.07 Å². The first kappa shape index (κ1) is 10.3. The Morgan fingerprint density at radius 3 is 2.42 bits per heavy atom. The van der Waals surface area contributed by atoms with E-state index in [0.29, 0.717) is 0 Å². The van der Waals surface area contributed by atoms with Gasteiger partial charge in [0.2, 0.25) is 0 Å². The minimum absolute atomic E-state index is 1.19. The molecule has 1 heterocycles. The zero-order chi connectivity index (χ0) is 9.19. The maximum atomic E-state index is 3.35. The first-order chi connectivity index (χ1) is 5.47. The summed E-state index contributed by atoms with van der Waals surface area (Å²) < 4.78 is 1.31. The van der Waals surface area contributed by atoms with Crippen molar-refractivity contribution in [2.75, 3.05) is 0 Å². The molecular weight excluding hydrogens is 295 g/mol. The molecule has 0 aliphatic rings. The summed E-state index contributed by atoms with van der Waals surface area (Å²) in [7, 11) is -1.19. The Kier molecular flexibility index (Phi) is 3.38. The van der Waals surface area contributed by atoms with Gasteiger partial charge in [-0.15, -0.1) is 16.9 Å². The summed E-state index contributed by atoms with van der Waals surface area (Å²) in [6, 6.07) is 4.21. The average Bonchev–Trinajstić information content (AvgIpc) is 2.30. The first-order valence-electron chi connectivity index (χ1n) is 3.76. The van der Waals surface area contributed by atoms with Crippen LogP contribution >= 0.6 is 33.9 Å². The van der Waals surface area contributed by atoms with Crippen molar-refractivity contribution >= 4 is 42.0 Å². The number of rotatable bonds is 0. The Bertz CT molecular complexity index is 324. The molecule has 1 aromatic heterocycles. The first-order valence-corrected chi connectivity index (χ1v) is 9.15. The SMILES string of the molecule is C[Si](C)(C)C#Cc1ccc(I)s1. The predicted octanol–water partition coefficient (Wildman–Crippen LogP) is 3.58. The highest BCUT2D eigenvalue weighted by atomic mass is 127. The second-order valence-electron chi connectivity index (χ2n) is 3.60. The van der Waals surface area contributed by atoms with Crippen molar-refractivity contribution < 1.29 is 0 Å². The van der Waals surface area contributed by atoms with E-state index in [4.69, 9.17) is 0 Å². The van der Waals surface area contributed by atoms with E-state index in [1.165, 1.54) is 7.76 Å². The van der Waals surface area contributed by atoms with Gasteiger partial charge >= 0.3 is 0 Å². The van der Waals surface area contributed by atoms with E-state index in [1.807, 2.05) is 0 Å². The third-order valence-electron chi connectivity index (χ3n) is 1.13. The zero-order valence-electron chi connectivity index (χ0n) is 7.44. The Labute approximate surface area is 92.5 Å². The van der Waals surface area contributed by atoms with Crippen LogP contribution in [-0.2, 0) is 0 Å². The molecule has 0 nitrogen and oxygen atoms in total. The van der Waals surface area contributed by atoms with Crippen LogP contribution in [-0.4, -0.2) is 8.07 Å². The molecule has 0 radical (unpaired) electrons. The molecule has 64 valence electrons.